The molecule has 0 amide bonds. The minimum absolute atomic E-state index is 0.454. The zero-order valence-corrected chi connectivity index (χ0v) is 11.1. The Bertz CT molecular complexity index is 401. The average Bonchev–Trinajstić information content (AvgIpc) is 3.05. The standard InChI is InChI=1S/C15H22N2O/c1-16-14(10-12-5-3-9-18-12)13-7-6-11-4-2-8-17-15(11)13/h2,4,8,12-14,16H,3,5-7,9-10H2,1H3. The van der Waals surface area contributed by atoms with E-state index in [1.807, 2.05) is 6.20 Å². The van der Waals surface area contributed by atoms with Gasteiger partial charge in [-0.25, -0.2) is 0 Å². The second-order valence-electron chi connectivity index (χ2n) is 5.46. The molecule has 2 aliphatic rings. The smallest absolute Gasteiger partial charge is 0.0591 e. The molecule has 1 aliphatic carbocycles. The van der Waals surface area contributed by atoms with E-state index in [1.54, 1.807) is 0 Å². The molecule has 3 nitrogen and oxygen atoms in total. The fraction of sp³-hybridized carbons (Fsp3) is 0.667. The topological polar surface area (TPSA) is 34.1 Å². The fourth-order valence-electron chi connectivity index (χ4n) is 3.43. The van der Waals surface area contributed by atoms with Crippen molar-refractivity contribution in [3.63, 3.8) is 0 Å². The summed E-state index contributed by atoms with van der Waals surface area (Å²) in [6.07, 6.45) is 8.35. The Morgan fingerprint density at radius 3 is 3.22 bits per heavy atom. The molecule has 1 aliphatic heterocycles. The van der Waals surface area contributed by atoms with Crippen LogP contribution in [0.2, 0.25) is 0 Å². The summed E-state index contributed by atoms with van der Waals surface area (Å²) in [6.45, 7) is 0.945. The number of pyridine rings is 1. The molecule has 0 bridgehead atoms. The molecule has 0 aromatic carbocycles. The fourth-order valence-corrected chi connectivity index (χ4v) is 3.43. The lowest BCUT2D eigenvalue weighted by Crippen LogP contribution is -2.35. The van der Waals surface area contributed by atoms with E-state index in [0.29, 0.717) is 18.1 Å². The quantitative estimate of drug-likeness (QED) is 0.885. The zero-order valence-electron chi connectivity index (χ0n) is 11.1. The molecular formula is C15H22N2O. The van der Waals surface area contributed by atoms with Crippen molar-refractivity contribution >= 4 is 0 Å². The molecular weight excluding hydrogens is 224 g/mol. The first-order valence-electron chi connectivity index (χ1n) is 7.11. The summed E-state index contributed by atoms with van der Waals surface area (Å²) in [5, 5.41) is 3.49. The first-order valence-corrected chi connectivity index (χ1v) is 7.11. The number of likely N-dealkylation sites (N-methyl/N-ethyl adjacent to an activating group) is 1. The van der Waals surface area contributed by atoms with Crippen molar-refractivity contribution in [2.24, 2.45) is 0 Å². The van der Waals surface area contributed by atoms with E-state index in [-0.39, 0.29) is 0 Å². The van der Waals surface area contributed by atoms with Crippen LogP contribution in [0.15, 0.2) is 18.3 Å². The van der Waals surface area contributed by atoms with E-state index in [9.17, 15) is 0 Å². The molecule has 3 rings (SSSR count). The molecule has 2 heterocycles. The SMILES string of the molecule is CNC(CC1CCCO1)C1CCc2cccnc21. The van der Waals surface area contributed by atoms with E-state index >= 15 is 0 Å². The Hall–Kier alpha value is -0.930. The molecule has 3 atom stereocenters. The maximum absolute atomic E-state index is 5.77. The summed E-state index contributed by atoms with van der Waals surface area (Å²) < 4.78 is 5.77. The summed E-state index contributed by atoms with van der Waals surface area (Å²) in [7, 11) is 2.07. The van der Waals surface area contributed by atoms with Gasteiger partial charge < -0.3 is 10.1 Å². The molecule has 0 radical (unpaired) electrons. The normalized spacial score (nSPS) is 28.3. The van der Waals surface area contributed by atoms with E-state index in [1.165, 1.54) is 36.9 Å². The number of fused-ring (bicyclic) bond motifs is 1. The van der Waals surface area contributed by atoms with Gasteiger partial charge in [0.2, 0.25) is 0 Å². The van der Waals surface area contributed by atoms with Crippen molar-refractivity contribution in [3.05, 3.63) is 29.6 Å². The second kappa shape index (κ2) is 5.37. The van der Waals surface area contributed by atoms with Crippen LogP contribution in [0, 0.1) is 0 Å². The van der Waals surface area contributed by atoms with Crippen molar-refractivity contribution in [3.8, 4) is 0 Å². The highest BCUT2D eigenvalue weighted by Crippen LogP contribution is 2.36. The van der Waals surface area contributed by atoms with Gasteiger partial charge in [0.05, 0.1) is 6.10 Å². The molecule has 0 spiro atoms. The molecule has 1 aromatic heterocycles. The van der Waals surface area contributed by atoms with Gasteiger partial charge in [-0.1, -0.05) is 6.07 Å². The van der Waals surface area contributed by atoms with Gasteiger partial charge in [0.1, 0.15) is 0 Å². The van der Waals surface area contributed by atoms with E-state index in [0.717, 1.165) is 13.0 Å². The van der Waals surface area contributed by atoms with Crippen LogP contribution in [-0.4, -0.2) is 30.8 Å². The molecule has 1 aromatic rings. The van der Waals surface area contributed by atoms with Gasteiger partial charge >= 0.3 is 0 Å². The first-order chi connectivity index (χ1) is 8.88. The van der Waals surface area contributed by atoms with Crippen LogP contribution in [-0.2, 0) is 11.2 Å². The summed E-state index contributed by atoms with van der Waals surface area (Å²) in [4.78, 5) is 4.60. The summed E-state index contributed by atoms with van der Waals surface area (Å²) in [5.41, 5.74) is 2.75. The number of nitrogens with one attached hydrogen (secondary N) is 1. The van der Waals surface area contributed by atoms with Gasteiger partial charge in [-0.3, -0.25) is 4.98 Å². The number of aryl methyl sites for hydroxylation is 1. The molecule has 1 saturated heterocycles. The van der Waals surface area contributed by atoms with Crippen LogP contribution >= 0.6 is 0 Å². The van der Waals surface area contributed by atoms with Crippen molar-refractivity contribution in [2.45, 2.75) is 50.2 Å². The molecule has 3 heteroatoms. The third-order valence-corrected chi connectivity index (χ3v) is 4.40. The summed E-state index contributed by atoms with van der Waals surface area (Å²) >= 11 is 0. The highest BCUT2D eigenvalue weighted by molar-refractivity contribution is 5.30. The maximum atomic E-state index is 5.77. The summed E-state index contributed by atoms with van der Waals surface area (Å²) in [5.74, 6) is 0.565. The molecule has 3 unspecified atom stereocenters. The van der Waals surface area contributed by atoms with Crippen LogP contribution in [0.25, 0.3) is 0 Å². The number of hydrogen-bond acceptors (Lipinski definition) is 3. The van der Waals surface area contributed by atoms with Gasteiger partial charge in [0.25, 0.3) is 0 Å². The van der Waals surface area contributed by atoms with Crippen LogP contribution < -0.4 is 5.32 Å². The Morgan fingerprint density at radius 2 is 2.44 bits per heavy atom. The Balaban J connectivity index is 1.72. The van der Waals surface area contributed by atoms with Gasteiger partial charge in [0, 0.05) is 30.5 Å². The highest BCUT2D eigenvalue weighted by Gasteiger charge is 2.32. The van der Waals surface area contributed by atoms with E-state index in [2.05, 4.69) is 29.5 Å². The Morgan fingerprint density at radius 1 is 1.50 bits per heavy atom. The molecule has 98 valence electrons. The predicted molar refractivity (Wildman–Crippen MR) is 71.7 cm³/mol. The number of aromatic nitrogens is 1. The lowest BCUT2D eigenvalue weighted by atomic mass is 9.91. The van der Waals surface area contributed by atoms with E-state index in [4.69, 9.17) is 4.74 Å². The first kappa shape index (κ1) is 12.1. The van der Waals surface area contributed by atoms with Crippen LogP contribution in [0.1, 0.15) is 42.9 Å². The summed E-state index contributed by atoms with van der Waals surface area (Å²) in [6, 6.07) is 4.78. The van der Waals surface area contributed by atoms with Crippen molar-refractivity contribution < 1.29 is 4.74 Å². The number of hydrogen-bond donors (Lipinski definition) is 1. The molecule has 1 fully saturated rings. The predicted octanol–water partition coefficient (Wildman–Crippen LogP) is 2.27. The van der Waals surface area contributed by atoms with Gasteiger partial charge in [-0.15, -0.1) is 0 Å². The molecule has 0 saturated carbocycles. The van der Waals surface area contributed by atoms with E-state index < -0.39 is 0 Å². The van der Waals surface area contributed by atoms with Crippen LogP contribution in [0.3, 0.4) is 0 Å². The molecule has 1 N–H and O–H groups in total. The average molecular weight is 246 g/mol. The Kier molecular flexibility index (Phi) is 3.62. The highest BCUT2D eigenvalue weighted by atomic mass is 16.5. The lowest BCUT2D eigenvalue weighted by molar-refractivity contribution is 0.0921. The monoisotopic (exact) mass is 246 g/mol. The third-order valence-electron chi connectivity index (χ3n) is 4.40. The molecule has 18 heavy (non-hydrogen) atoms. The van der Waals surface area contributed by atoms with Crippen molar-refractivity contribution in [1.82, 2.24) is 10.3 Å². The number of ether oxygens (including phenoxy) is 1. The zero-order chi connectivity index (χ0) is 12.4. The number of rotatable bonds is 4. The minimum Gasteiger partial charge on any atom is -0.378 e. The third kappa shape index (κ3) is 2.29. The number of nitrogens with zero attached hydrogens (tertiary/aromatic N) is 1. The Labute approximate surface area is 109 Å². The largest absolute Gasteiger partial charge is 0.378 e. The van der Waals surface area contributed by atoms with Gasteiger partial charge in [-0.2, -0.15) is 0 Å². The lowest BCUT2D eigenvalue weighted by Gasteiger charge is -2.25. The minimum atomic E-state index is 0.454. The maximum Gasteiger partial charge on any atom is 0.0591 e. The second-order valence-corrected chi connectivity index (χ2v) is 5.46. The van der Waals surface area contributed by atoms with Crippen LogP contribution in [0.5, 0.6) is 0 Å². The van der Waals surface area contributed by atoms with Crippen LogP contribution in [0.4, 0.5) is 0 Å². The van der Waals surface area contributed by atoms with Gasteiger partial charge in [-0.05, 0) is 50.8 Å². The van der Waals surface area contributed by atoms with Crippen molar-refractivity contribution in [1.29, 1.82) is 0 Å². The van der Waals surface area contributed by atoms with Gasteiger partial charge in [0.15, 0.2) is 0 Å². The van der Waals surface area contributed by atoms with Crippen molar-refractivity contribution in [2.75, 3.05) is 13.7 Å².